The molecule has 0 saturated heterocycles. The summed E-state index contributed by atoms with van der Waals surface area (Å²) in [5.41, 5.74) is 2.69. The number of rotatable bonds is 10. The summed E-state index contributed by atoms with van der Waals surface area (Å²) >= 11 is 0. The second-order valence-corrected chi connectivity index (χ2v) is 17.0. The van der Waals surface area contributed by atoms with Gasteiger partial charge in [-0.25, -0.2) is 9.59 Å². The molecule has 7 heteroatoms. The van der Waals surface area contributed by atoms with Crippen LogP contribution in [0.25, 0.3) is 0 Å². The molecule has 0 unspecified atom stereocenters. The zero-order valence-corrected chi connectivity index (χ0v) is 24.2. The summed E-state index contributed by atoms with van der Waals surface area (Å²) in [7, 11) is -1.66. The van der Waals surface area contributed by atoms with Gasteiger partial charge in [0.2, 0.25) is 0 Å². The second kappa shape index (κ2) is 13.0. The number of hydrogen-bond donors (Lipinski definition) is 1. The fourth-order valence-electron chi connectivity index (χ4n) is 2.98. The fraction of sp³-hybridized carbons (Fsp3) is 0.571. The predicted octanol–water partition coefficient (Wildman–Crippen LogP) is 6.94. The first kappa shape index (κ1) is 30.5. The molecule has 6 nitrogen and oxygen atoms in total. The first-order chi connectivity index (χ1) is 16.1. The summed E-state index contributed by atoms with van der Waals surface area (Å²) in [5.74, 6) is -0.0635. The van der Waals surface area contributed by atoms with E-state index >= 15 is 0 Å². The fourth-order valence-corrected chi connectivity index (χ4v) is 4.26. The molecular weight excluding hydrogens is 456 g/mol. The average Bonchev–Trinajstić information content (AvgIpc) is 2.73. The molecule has 2 amide bonds. The Kier molecular flexibility index (Phi) is 11.3. The highest BCUT2D eigenvalue weighted by atomic mass is 28.3. The van der Waals surface area contributed by atoms with Gasteiger partial charge in [0, 0.05) is 13.1 Å². The summed E-state index contributed by atoms with van der Waals surface area (Å²) in [6, 6.07) is 9.30. The van der Waals surface area contributed by atoms with E-state index in [9.17, 15) is 9.59 Å². The van der Waals surface area contributed by atoms with Crippen LogP contribution in [0.15, 0.2) is 54.8 Å². The van der Waals surface area contributed by atoms with Crippen molar-refractivity contribution in [1.29, 1.82) is 0 Å². The number of carbonyl (C=O) groups excluding carboxylic acids is 2. The summed E-state index contributed by atoms with van der Waals surface area (Å²) in [5, 5.41) is 3.11. The molecule has 196 valence electrons. The van der Waals surface area contributed by atoms with E-state index in [0.29, 0.717) is 13.1 Å². The summed E-state index contributed by atoms with van der Waals surface area (Å²) in [4.78, 5) is 27.1. The summed E-state index contributed by atoms with van der Waals surface area (Å²) < 4.78 is 11.1. The van der Waals surface area contributed by atoms with Crippen LogP contribution in [0.1, 0.15) is 54.0 Å². The zero-order valence-electron chi connectivity index (χ0n) is 23.2. The maximum atomic E-state index is 12.9. The standard InChI is InChI=1S/C28H46N2O4Si/c1-11-18-30(20-23-15-13-12-14-16-23)26(32)33-21-24(29-25(31)34-27(3,4)5)22(2)17-19-35(9,10)28(6,7)8/h11-17,19,22,24H,1,18,20-21H2,2-10H3,(H,29,31)/b19-17+/t22-,24+/m0/s1. The largest absolute Gasteiger partial charge is 0.447 e. The molecule has 0 spiro atoms. The van der Waals surface area contributed by atoms with E-state index in [-0.39, 0.29) is 17.6 Å². The lowest BCUT2D eigenvalue weighted by molar-refractivity contribution is 0.0432. The molecule has 0 saturated carbocycles. The minimum Gasteiger partial charge on any atom is -0.447 e. The van der Waals surface area contributed by atoms with Gasteiger partial charge in [-0.2, -0.15) is 0 Å². The van der Waals surface area contributed by atoms with Crippen LogP contribution in [0, 0.1) is 5.92 Å². The van der Waals surface area contributed by atoms with E-state index in [4.69, 9.17) is 9.47 Å². The number of nitrogens with one attached hydrogen (secondary N) is 1. The normalized spacial score (nSPS) is 14.2. The lowest BCUT2D eigenvalue weighted by atomic mass is 10.0. The Morgan fingerprint density at radius 2 is 1.71 bits per heavy atom. The molecule has 0 aliphatic carbocycles. The number of carbonyl (C=O) groups is 2. The van der Waals surface area contributed by atoms with Crippen LogP contribution >= 0.6 is 0 Å². The van der Waals surface area contributed by atoms with Crippen molar-refractivity contribution in [3.05, 3.63) is 60.3 Å². The molecule has 0 fully saturated rings. The average molecular weight is 503 g/mol. The second-order valence-electron chi connectivity index (χ2n) is 11.7. The number of ether oxygens (including phenoxy) is 2. The third kappa shape index (κ3) is 11.2. The molecule has 1 rings (SSSR count). The van der Waals surface area contributed by atoms with E-state index in [1.165, 1.54) is 0 Å². The zero-order chi connectivity index (χ0) is 26.9. The first-order valence-electron chi connectivity index (χ1n) is 12.3. The van der Waals surface area contributed by atoms with E-state index in [0.717, 1.165) is 5.56 Å². The summed E-state index contributed by atoms with van der Waals surface area (Å²) in [6.07, 6.45) is 2.83. The minimum absolute atomic E-state index is 0.0313. The quantitative estimate of drug-likeness (QED) is 0.278. The topological polar surface area (TPSA) is 67.9 Å². The molecule has 1 aromatic rings. The lowest BCUT2D eigenvalue weighted by Gasteiger charge is -2.35. The number of alkyl carbamates (subject to hydrolysis) is 1. The van der Waals surface area contributed by atoms with Crippen LogP contribution in [0.3, 0.4) is 0 Å². The smallest absolute Gasteiger partial charge is 0.410 e. The van der Waals surface area contributed by atoms with Gasteiger partial charge in [-0.05, 0) is 37.3 Å². The van der Waals surface area contributed by atoms with Gasteiger partial charge < -0.3 is 19.7 Å². The number of benzene rings is 1. The van der Waals surface area contributed by atoms with Crippen molar-refractivity contribution < 1.29 is 19.1 Å². The Balaban J connectivity index is 2.99. The maximum Gasteiger partial charge on any atom is 0.410 e. The predicted molar refractivity (Wildman–Crippen MR) is 147 cm³/mol. The van der Waals surface area contributed by atoms with Gasteiger partial charge in [-0.15, -0.1) is 6.58 Å². The molecule has 2 atom stereocenters. The molecule has 0 aliphatic rings. The highest BCUT2D eigenvalue weighted by Crippen LogP contribution is 2.37. The van der Waals surface area contributed by atoms with Crippen molar-refractivity contribution in [3.63, 3.8) is 0 Å². The Morgan fingerprint density at radius 1 is 1.11 bits per heavy atom. The summed E-state index contributed by atoms with van der Waals surface area (Å²) in [6.45, 7) is 23.5. The van der Waals surface area contributed by atoms with Gasteiger partial charge in [-0.3, -0.25) is 0 Å². The van der Waals surface area contributed by atoms with E-state index in [1.54, 1.807) is 11.0 Å². The molecule has 1 aromatic carbocycles. The van der Waals surface area contributed by atoms with E-state index in [1.807, 2.05) is 58.0 Å². The minimum atomic E-state index is -1.66. The van der Waals surface area contributed by atoms with Crippen molar-refractivity contribution >= 4 is 20.3 Å². The molecule has 0 heterocycles. The van der Waals surface area contributed by atoms with E-state index in [2.05, 4.69) is 57.5 Å². The van der Waals surface area contributed by atoms with Gasteiger partial charge in [0.15, 0.2) is 0 Å². The molecule has 0 bridgehead atoms. The molecule has 0 aliphatic heterocycles. The van der Waals surface area contributed by atoms with Crippen LogP contribution < -0.4 is 5.32 Å². The Morgan fingerprint density at radius 3 is 2.23 bits per heavy atom. The van der Waals surface area contributed by atoms with Gasteiger partial charge in [-0.1, -0.05) is 89.0 Å². The van der Waals surface area contributed by atoms with Gasteiger partial charge in [0.25, 0.3) is 0 Å². The third-order valence-corrected chi connectivity index (χ3v) is 11.2. The van der Waals surface area contributed by atoms with Crippen LogP contribution in [-0.4, -0.2) is 50.0 Å². The van der Waals surface area contributed by atoms with E-state index < -0.39 is 31.9 Å². The molecule has 0 radical (unpaired) electrons. The third-order valence-electron chi connectivity index (χ3n) is 6.30. The van der Waals surface area contributed by atoms with Crippen molar-refractivity contribution in [3.8, 4) is 0 Å². The first-order valence-corrected chi connectivity index (χ1v) is 15.4. The Labute approximate surface area is 213 Å². The lowest BCUT2D eigenvalue weighted by Crippen LogP contribution is -2.46. The molecule has 35 heavy (non-hydrogen) atoms. The van der Waals surface area contributed by atoms with Crippen molar-refractivity contribution in [2.24, 2.45) is 5.92 Å². The van der Waals surface area contributed by atoms with Crippen molar-refractivity contribution in [1.82, 2.24) is 10.2 Å². The number of nitrogens with zero attached hydrogens (tertiary/aromatic N) is 1. The monoisotopic (exact) mass is 502 g/mol. The van der Waals surface area contributed by atoms with Crippen LogP contribution in [0.2, 0.25) is 18.1 Å². The Bertz CT molecular complexity index is 854. The SMILES string of the molecule is C=CCN(Cc1ccccc1)C(=O)OC[C@@H](NC(=O)OC(C)(C)C)[C@@H](C)/C=C/[Si](C)(C)C(C)(C)C. The number of hydrogen-bond acceptors (Lipinski definition) is 4. The van der Waals surface area contributed by atoms with Crippen LogP contribution in [0.5, 0.6) is 0 Å². The highest BCUT2D eigenvalue weighted by molar-refractivity contribution is 6.84. The Hall–Kier alpha value is -2.54. The molecule has 1 N–H and O–H groups in total. The highest BCUT2D eigenvalue weighted by Gasteiger charge is 2.33. The molecular formula is C28H46N2O4Si. The van der Waals surface area contributed by atoms with Gasteiger partial charge in [0.1, 0.15) is 12.2 Å². The van der Waals surface area contributed by atoms with Crippen LogP contribution in [0.4, 0.5) is 9.59 Å². The number of amides is 2. The van der Waals surface area contributed by atoms with Crippen LogP contribution in [-0.2, 0) is 16.0 Å². The van der Waals surface area contributed by atoms with Gasteiger partial charge in [0.05, 0.1) is 14.1 Å². The maximum absolute atomic E-state index is 12.9. The van der Waals surface area contributed by atoms with Gasteiger partial charge >= 0.3 is 12.2 Å². The molecule has 0 aromatic heterocycles. The van der Waals surface area contributed by atoms with Crippen molar-refractivity contribution in [2.45, 2.75) is 84.8 Å². The van der Waals surface area contributed by atoms with Crippen molar-refractivity contribution in [2.75, 3.05) is 13.2 Å².